The summed E-state index contributed by atoms with van der Waals surface area (Å²) in [7, 11) is 1.77. The van der Waals surface area contributed by atoms with Gasteiger partial charge in [-0.05, 0) is 50.5 Å². The number of hydrazine groups is 1. The quantitative estimate of drug-likeness (QED) is 0.674. The van der Waals surface area contributed by atoms with Crippen molar-refractivity contribution in [3.8, 4) is 0 Å². The maximum absolute atomic E-state index is 5.82. The maximum Gasteiger partial charge on any atom is 0.164 e. The van der Waals surface area contributed by atoms with E-state index in [4.69, 9.17) is 20.5 Å². The Hall–Kier alpha value is -1.24. The van der Waals surface area contributed by atoms with Gasteiger partial charge in [-0.3, -0.25) is 0 Å². The van der Waals surface area contributed by atoms with Gasteiger partial charge < -0.3 is 10.2 Å². The van der Waals surface area contributed by atoms with Gasteiger partial charge >= 0.3 is 0 Å². The van der Waals surface area contributed by atoms with E-state index < -0.39 is 0 Å². The van der Waals surface area contributed by atoms with E-state index in [0.717, 1.165) is 47.5 Å². The molecule has 0 atom stereocenters. The Morgan fingerprint density at radius 3 is 2.71 bits per heavy atom. The SMILES string of the molecule is COC1(c2nc(NN)c3c4c(sc3n2)CCC4)CCCC1. The summed E-state index contributed by atoms with van der Waals surface area (Å²) in [6.07, 6.45) is 7.81. The summed E-state index contributed by atoms with van der Waals surface area (Å²) >= 11 is 1.80. The van der Waals surface area contributed by atoms with Crippen LogP contribution < -0.4 is 11.3 Å². The number of fused-ring (bicyclic) bond motifs is 3. The molecule has 112 valence electrons. The van der Waals surface area contributed by atoms with Gasteiger partial charge in [-0.15, -0.1) is 11.3 Å². The Morgan fingerprint density at radius 1 is 1.19 bits per heavy atom. The lowest BCUT2D eigenvalue weighted by Crippen LogP contribution is -2.28. The molecule has 4 rings (SSSR count). The largest absolute Gasteiger partial charge is 0.370 e. The Morgan fingerprint density at radius 2 is 2.00 bits per heavy atom. The van der Waals surface area contributed by atoms with E-state index in [1.807, 2.05) is 0 Å². The van der Waals surface area contributed by atoms with Crippen LogP contribution in [0.3, 0.4) is 0 Å². The minimum absolute atomic E-state index is 0.325. The van der Waals surface area contributed by atoms with Crippen molar-refractivity contribution in [3.63, 3.8) is 0 Å². The highest BCUT2D eigenvalue weighted by molar-refractivity contribution is 7.19. The second-order valence-corrected chi connectivity index (χ2v) is 7.07. The molecule has 1 fully saturated rings. The molecule has 2 aromatic heterocycles. The molecule has 0 unspecified atom stereocenters. The molecule has 3 N–H and O–H groups in total. The van der Waals surface area contributed by atoms with Crippen LogP contribution in [0.15, 0.2) is 0 Å². The van der Waals surface area contributed by atoms with Crippen molar-refractivity contribution in [1.29, 1.82) is 0 Å². The minimum atomic E-state index is -0.325. The van der Waals surface area contributed by atoms with Crippen LogP contribution in [-0.4, -0.2) is 17.1 Å². The fourth-order valence-corrected chi connectivity index (χ4v) is 5.03. The van der Waals surface area contributed by atoms with Crippen molar-refractivity contribution in [3.05, 3.63) is 16.3 Å². The first-order chi connectivity index (χ1) is 10.3. The zero-order chi connectivity index (χ0) is 14.4. The highest BCUT2D eigenvalue weighted by Crippen LogP contribution is 2.44. The number of ether oxygens (including phenoxy) is 1. The third kappa shape index (κ3) is 1.89. The molecule has 0 aliphatic heterocycles. The third-order valence-corrected chi connectivity index (χ3v) is 6.10. The van der Waals surface area contributed by atoms with Crippen molar-refractivity contribution < 1.29 is 4.74 Å². The van der Waals surface area contributed by atoms with Gasteiger partial charge in [-0.25, -0.2) is 15.8 Å². The predicted octanol–water partition coefficient (Wildman–Crippen LogP) is 2.88. The number of nitrogen functional groups attached to an aromatic ring is 1. The second-order valence-electron chi connectivity index (χ2n) is 5.98. The molecule has 0 radical (unpaired) electrons. The van der Waals surface area contributed by atoms with E-state index in [9.17, 15) is 0 Å². The van der Waals surface area contributed by atoms with Crippen LogP contribution in [0.4, 0.5) is 5.82 Å². The van der Waals surface area contributed by atoms with Crippen LogP contribution in [-0.2, 0) is 23.2 Å². The molecule has 2 aromatic rings. The molecule has 0 spiro atoms. The normalized spacial score (nSPS) is 20.1. The Kier molecular flexibility index (Phi) is 3.13. The zero-order valence-corrected chi connectivity index (χ0v) is 13.1. The third-order valence-electron chi connectivity index (χ3n) is 4.91. The first-order valence-corrected chi connectivity index (χ1v) is 8.43. The topological polar surface area (TPSA) is 73.1 Å². The van der Waals surface area contributed by atoms with E-state index >= 15 is 0 Å². The van der Waals surface area contributed by atoms with Crippen LogP contribution in [0.2, 0.25) is 0 Å². The lowest BCUT2D eigenvalue weighted by Gasteiger charge is -2.26. The smallest absolute Gasteiger partial charge is 0.164 e. The molecule has 2 heterocycles. The van der Waals surface area contributed by atoms with E-state index in [-0.39, 0.29) is 5.60 Å². The fraction of sp³-hybridized carbons (Fsp3) is 0.600. The van der Waals surface area contributed by atoms with Crippen molar-refractivity contribution >= 4 is 27.4 Å². The van der Waals surface area contributed by atoms with Gasteiger partial charge in [-0.1, -0.05) is 0 Å². The molecule has 1 saturated carbocycles. The molecule has 2 aliphatic rings. The van der Waals surface area contributed by atoms with Crippen LogP contribution >= 0.6 is 11.3 Å². The van der Waals surface area contributed by atoms with Crippen LogP contribution in [0.5, 0.6) is 0 Å². The van der Waals surface area contributed by atoms with E-state index in [1.54, 1.807) is 18.4 Å². The zero-order valence-electron chi connectivity index (χ0n) is 12.2. The summed E-state index contributed by atoms with van der Waals surface area (Å²) < 4.78 is 5.82. The summed E-state index contributed by atoms with van der Waals surface area (Å²) in [6.45, 7) is 0. The maximum atomic E-state index is 5.82. The Labute approximate surface area is 127 Å². The first kappa shape index (κ1) is 13.4. The van der Waals surface area contributed by atoms with E-state index in [2.05, 4.69) is 5.43 Å². The van der Waals surface area contributed by atoms with Gasteiger partial charge in [0.05, 0.1) is 5.39 Å². The summed E-state index contributed by atoms with van der Waals surface area (Å²) in [5, 5.41) is 1.13. The number of nitrogens with one attached hydrogen (secondary N) is 1. The number of nitrogens with zero attached hydrogens (tertiary/aromatic N) is 2. The van der Waals surface area contributed by atoms with Gasteiger partial charge in [0.2, 0.25) is 0 Å². The number of hydrogen-bond donors (Lipinski definition) is 2. The number of thiophene rings is 1. The van der Waals surface area contributed by atoms with Gasteiger partial charge in [0.1, 0.15) is 10.4 Å². The number of rotatable bonds is 3. The van der Waals surface area contributed by atoms with Crippen molar-refractivity contribution in [1.82, 2.24) is 9.97 Å². The number of hydrogen-bond acceptors (Lipinski definition) is 6. The van der Waals surface area contributed by atoms with Gasteiger partial charge in [0.15, 0.2) is 11.6 Å². The van der Waals surface area contributed by atoms with Gasteiger partial charge in [-0.2, -0.15) is 0 Å². The number of nitrogens with two attached hydrogens (primary N) is 1. The molecule has 0 saturated heterocycles. The van der Waals surface area contributed by atoms with E-state index in [1.165, 1.54) is 29.7 Å². The van der Waals surface area contributed by atoms with Gasteiger partial charge in [0.25, 0.3) is 0 Å². The Bertz CT molecular complexity index is 691. The number of aromatic nitrogens is 2. The minimum Gasteiger partial charge on any atom is -0.370 e. The molecule has 0 aromatic carbocycles. The number of methoxy groups -OCH3 is 1. The summed E-state index contributed by atoms with van der Waals surface area (Å²) in [4.78, 5) is 12.1. The highest BCUT2D eigenvalue weighted by atomic mass is 32.1. The molecule has 0 bridgehead atoms. The lowest BCUT2D eigenvalue weighted by molar-refractivity contribution is -0.0158. The fourth-order valence-electron chi connectivity index (χ4n) is 3.77. The van der Waals surface area contributed by atoms with Gasteiger partial charge in [0, 0.05) is 12.0 Å². The molecule has 21 heavy (non-hydrogen) atoms. The van der Waals surface area contributed by atoms with Crippen molar-refractivity contribution in [2.75, 3.05) is 12.5 Å². The second kappa shape index (κ2) is 4.90. The lowest BCUT2D eigenvalue weighted by atomic mass is 10.0. The molecular weight excluding hydrogens is 284 g/mol. The number of anilines is 1. The summed E-state index contributed by atoms with van der Waals surface area (Å²) in [5.41, 5.74) is 3.86. The van der Waals surface area contributed by atoms with Crippen LogP contribution in [0.1, 0.15) is 48.4 Å². The summed E-state index contributed by atoms with van der Waals surface area (Å²) in [5.74, 6) is 7.30. The predicted molar refractivity (Wildman–Crippen MR) is 84.4 cm³/mol. The molecule has 2 aliphatic carbocycles. The average Bonchev–Trinajstić information content (AvgIpc) is 3.21. The molecule has 0 amide bonds. The molecule has 5 nitrogen and oxygen atoms in total. The van der Waals surface area contributed by atoms with Crippen molar-refractivity contribution in [2.24, 2.45) is 5.84 Å². The standard InChI is InChI=1S/C15H20N4OS/c1-20-15(7-2-3-8-15)14-17-12(19-16)11-9-5-4-6-10(9)21-13(11)18-14/h2-8,16H2,1H3,(H,17,18,19). The molecule has 6 heteroatoms. The van der Waals surface area contributed by atoms with E-state index in [0.29, 0.717) is 0 Å². The Balaban J connectivity index is 1.92. The summed E-state index contributed by atoms with van der Waals surface area (Å²) in [6, 6.07) is 0. The van der Waals surface area contributed by atoms with Crippen LogP contribution in [0.25, 0.3) is 10.2 Å². The highest BCUT2D eigenvalue weighted by Gasteiger charge is 2.39. The first-order valence-electron chi connectivity index (χ1n) is 7.62. The monoisotopic (exact) mass is 304 g/mol. The average molecular weight is 304 g/mol. The van der Waals surface area contributed by atoms with Crippen LogP contribution in [0, 0.1) is 0 Å². The van der Waals surface area contributed by atoms with Crippen molar-refractivity contribution in [2.45, 2.75) is 50.5 Å². The number of aryl methyl sites for hydroxylation is 2. The molecular formula is C15H20N4OS.